The molecule has 0 saturated carbocycles. The maximum Gasteiger partial charge on any atom is 0.414 e. The molecule has 4 amide bonds. The first-order valence-electron chi connectivity index (χ1n) is 36.8. The third-order valence-corrected chi connectivity index (χ3v) is 17.9. The monoisotopic (exact) mass is 1870 g/mol. The molecule has 1 aliphatic heterocycles. The van der Waals surface area contributed by atoms with Gasteiger partial charge in [0.15, 0.2) is 0 Å². The Bertz CT molecular complexity index is 5310. The van der Waals surface area contributed by atoms with Crippen molar-refractivity contribution in [2.75, 3.05) is 86.1 Å². The molecule has 3 aliphatic rings. The van der Waals surface area contributed by atoms with Crippen LogP contribution in [0.4, 0.5) is 101 Å². The quantitative estimate of drug-likeness (QED) is 0.0318. The number of hydrogen-bond donors (Lipinski definition) is 3. The van der Waals surface area contributed by atoms with Crippen LogP contribution in [-0.4, -0.2) is 132 Å². The van der Waals surface area contributed by atoms with Gasteiger partial charge < -0.3 is 40.5 Å². The number of nitro groups is 3. The van der Waals surface area contributed by atoms with E-state index in [1.807, 2.05) is 0 Å². The molecule has 4 heterocycles. The summed E-state index contributed by atoms with van der Waals surface area (Å²) >= 11 is 34.9. The van der Waals surface area contributed by atoms with Crippen molar-refractivity contribution in [3.05, 3.63) is 252 Å². The number of hydrogen-bond acceptors (Lipinski definition) is 21. The van der Waals surface area contributed by atoms with E-state index in [1.165, 1.54) is 111 Å². The number of halogens is 13. The summed E-state index contributed by atoms with van der Waals surface area (Å²) in [6.07, 6.45) is 5.54. The maximum absolute atomic E-state index is 14.2. The predicted molar refractivity (Wildman–Crippen MR) is 474 cm³/mol. The summed E-state index contributed by atoms with van der Waals surface area (Å²) in [7, 11) is 8.90. The number of nitrogen functional groups attached to an aromatic ring is 1. The lowest BCUT2D eigenvalue weighted by atomic mass is 10.0. The van der Waals surface area contributed by atoms with Crippen LogP contribution in [0.15, 0.2) is 128 Å². The summed E-state index contributed by atoms with van der Waals surface area (Å²) in [6, 6.07) is 20.9. The van der Waals surface area contributed by atoms with E-state index in [1.54, 1.807) is 116 Å². The maximum atomic E-state index is 14.2. The number of nitro benzene ring substituents is 3. The van der Waals surface area contributed by atoms with Gasteiger partial charge in [0.25, 0.3) is 11.4 Å². The van der Waals surface area contributed by atoms with Crippen LogP contribution in [0, 0.1) is 71.1 Å². The number of nitrogens with two attached hydrogens (primary N) is 2. The van der Waals surface area contributed by atoms with Gasteiger partial charge in [-0.15, -0.1) is 0 Å². The van der Waals surface area contributed by atoms with Crippen LogP contribution in [-0.2, 0) is 36.5 Å². The number of carbonyl (C=O) groups is 4. The number of benzene rings is 6. The van der Waals surface area contributed by atoms with Gasteiger partial charge in [0.05, 0.1) is 74.0 Å². The van der Waals surface area contributed by atoms with Gasteiger partial charge in [0.1, 0.15) is 73.8 Å². The zero-order valence-electron chi connectivity index (χ0n) is 70.5. The van der Waals surface area contributed by atoms with Crippen molar-refractivity contribution in [2.24, 2.45) is 5.73 Å². The molecule has 678 valence electrons. The van der Waals surface area contributed by atoms with Gasteiger partial charge in [0.2, 0.25) is 5.82 Å². The van der Waals surface area contributed by atoms with Crippen molar-refractivity contribution in [3.8, 4) is 22.3 Å². The topological polar surface area (TPSA) is 360 Å². The second kappa shape index (κ2) is 47.8. The number of pyridine rings is 3. The molecule has 0 spiro atoms. The lowest BCUT2D eigenvalue weighted by molar-refractivity contribution is -0.387. The summed E-state index contributed by atoms with van der Waals surface area (Å²) < 4.78 is 118. The molecule has 3 aromatic heterocycles. The lowest BCUT2D eigenvalue weighted by Crippen LogP contribution is -2.34. The first-order chi connectivity index (χ1) is 57.5. The smallest absolute Gasteiger partial charge is 0.414 e. The molecule has 9 aromatic rings. The van der Waals surface area contributed by atoms with Crippen molar-refractivity contribution >= 4 is 145 Å². The Hall–Kier alpha value is -11.2. The van der Waals surface area contributed by atoms with Gasteiger partial charge >= 0.3 is 30.1 Å². The van der Waals surface area contributed by atoms with Crippen molar-refractivity contribution in [3.63, 3.8) is 0 Å². The molecule has 28 nitrogen and oxygen atoms in total. The summed E-state index contributed by atoms with van der Waals surface area (Å²) in [5.74, 6) is -4.51. The number of amides is 4. The van der Waals surface area contributed by atoms with Crippen molar-refractivity contribution in [1.82, 2.24) is 15.0 Å². The van der Waals surface area contributed by atoms with Crippen LogP contribution < -0.4 is 36.4 Å². The van der Waals surface area contributed by atoms with Gasteiger partial charge in [-0.25, -0.2) is 50.5 Å². The van der Waals surface area contributed by atoms with Crippen LogP contribution >= 0.6 is 69.6 Å². The molecule has 0 bridgehead atoms. The number of ether oxygens (including phenoxy) is 5. The number of fused-ring (bicyclic) bond motifs is 6. The van der Waals surface area contributed by atoms with Gasteiger partial charge in [0, 0.05) is 127 Å². The average Bonchev–Trinajstić information content (AvgIpc) is 1.60. The molecule has 41 heteroatoms. The van der Waals surface area contributed by atoms with Crippen molar-refractivity contribution in [1.29, 1.82) is 0 Å². The Morgan fingerprint density at radius 3 is 1.24 bits per heavy atom. The molecule has 0 atom stereocenters. The van der Waals surface area contributed by atoms with Gasteiger partial charge in [-0.3, -0.25) is 59.9 Å². The molecule has 12 rings (SSSR count). The Morgan fingerprint density at radius 2 is 0.816 bits per heavy atom. The van der Waals surface area contributed by atoms with E-state index in [4.69, 9.17) is 99.0 Å². The standard InChI is InChI=1S/C18H17Cl2FN2O2.C18H18ClFN2O2.C12H15FN2O4.C12H17FN2O2.C7H7FN2O2.C6H3F2NO2.C5H2Cl3N.C4H8O.CH5N.CH4/c1-18(2,3)25-17(24)23(4)14-6-9(21)5-11-10(14)7-13-15(11)16(20)12(19)8-22-13;1-18(2,3)24-17(23)22(4)16-7-11(20)6-12-13-5-10(19)9-21-15(13)8-14(12)16;1-12(2,3)19-11(16)14(4)10-7-8(13)5-6-9(10)15(17)18;1-12(2,3)17-11(16)15(4)10-7-8(13)5-6-9(10)14;1-9-6-4-5(8)2-3-7(6)10(11)12;7-4-1-2-6(9(10)11)5(8)3-4;6-3-1-4(7)5(8)9-2-3;1-2-4-5-3-1;1-2;/h5-6,8H,7H2,1-4H3;5-7,9H,8H2,1-4H3;5-7H,1-4H3;5-7H,14H2,1-4H3;2-4,9H,1H3;1-3H;1-2H;1-4H2;2H2,1H3;1H4. The second-order valence-corrected chi connectivity index (χ2v) is 32.6. The van der Waals surface area contributed by atoms with E-state index < -0.39 is 108 Å². The summed E-state index contributed by atoms with van der Waals surface area (Å²) in [5.41, 5.74) is 13.7. The molecule has 1 fully saturated rings. The Morgan fingerprint density at radius 1 is 0.448 bits per heavy atom. The van der Waals surface area contributed by atoms with Crippen LogP contribution in [0.5, 0.6) is 0 Å². The third-order valence-electron chi connectivity index (χ3n) is 16.0. The third kappa shape index (κ3) is 33.7. The van der Waals surface area contributed by atoms with Crippen LogP contribution in [0.2, 0.25) is 30.3 Å². The highest BCUT2D eigenvalue weighted by molar-refractivity contribution is 6.44. The summed E-state index contributed by atoms with van der Waals surface area (Å²) in [5, 5.41) is 36.0. The molecule has 1 saturated heterocycles. The Labute approximate surface area is 748 Å². The number of nitrogens with one attached hydrogen (secondary N) is 1. The minimum absolute atomic E-state index is 0. The fourth-order valence-corrected chi connectivity index (χ4v) is 11.7. The number of anilines is 6. The molecular formula is C84H96Cl6F7N13O15. The summed E-state index contributed by atoms with van der Waals surface area (Å²) in [4.78, 5) is 94.3. The first-order valence-corrected chi connectivity index (χ1v) is 39.1. The van der Waals surface area contributed by atoms with E-state index in [0.717, 1.165) is 89.0 Å². The highest BCUT2D eigenvalue weighted by Gasteiger charge is 2.34. The SMILES string of the molecule is C.C1CCOC1.CN.CN(C(=O)OC(C)(C)C)c1cc(F)cc2c1Cc1ncc(Cl)c(Cl)c1-2.CN(C(=O)OC(C)(C)C)c1cc(F)cc2c1Cc1ncc(Cl)cc1-2.CN(C(=O)OC(C)(C)C)c1cc(F)ccc1N.CN(C(=O)OC(C)(C)C)c1cc(F)ccc1[N+](=O)[O-].CNc1cc(F)ccc1[N+](=O)[O-].Clc1cnc(Cl)c(Cl)c1.O=[N+]([O-])c1ccc(F)cc1F. The molecule has 0 unspecified atom stereocenters. The van der Waals surface area contributed by atoms with E-state index in [9.17, 15) is 80.3 Å². The van der Waals surface area contributed by atoms with Crippen molar-refractivity contribution in [2.45, 2.75) is 139 Å². The summed E-state index contributed by atoms with van der Waals surface area (Å²) in [6.45, 7) is 23.0. The lowest BCUT2D eigenvalue weighted by Gasteiger charge is -2.26. The van der Waals surface area contributed by atoms with Crippen LogP contribution in [0.3, 0.4) is 0 Å². The zero-order chi connectivity index (χ0) is 94.1. The predicted octanol–water partition coefficient (Wildman–Crippen LogP) is 23.9. The Kier molecular flexibility index (Phi) is 41.3. The minimum atomic E-state index is -1.16. The minimum Gasteiger partial charge on any atom is -0.443 e. The van der Waals surface area contributed by atoms with Gasteiger partial charge in [-0.2, -0.15) is 4.39 Å². The molecule has 0 radical (unpaired) electrons. The normalized spacial score (nSPS) is 11.6. The van der Waals surface area contributed by atoms with Crippen LogP contribution in [0.25, 0.3) is 22.3 Å². The largest absolute Gasteiger partial charge is 0.443 e. The first kappa shape index (κ1) is 108. The van der Waals surface area contributed by atoms with Gasteiger partial charge in [-0.05, 0) is 198 Å². The molecular weight excluding hydrogens is 1780 g/mol. The number of rotatable bonds is 8. The number of aromatic nitrogens is 3. The van der Waals surface area contributed by atoms with Crippen molar-refractivity contribution < 1.29 is 88.4 Å². The molecule has 6 aromatic carbocycles. The van der Waals surface area contributed by atoms with E-state index in [2.05, 4.69) is 26.0 Å². The van der Waals surface area contributed by atoms with E-state index in [0.29, 0.717) is 89.2 Å². The Balaban J connectivity index is 0.000000379. The van der Waals surface area contributed by atoms with E-state index >= 15 is 0 Å². The van der Waals surface area contributed by atoms with Gasteiger partial charge in [-0.1, -0.05) is 77.0 Å². The second-order valence-electron chi connectivity index (χ2n) is 30.2. The number of carbonyl (C=O) groups excluding carboxylic acids is 4. The molecule has 125 heavy (non-hydrogen) atoms. The van der Waals surface area contributed by atoms with E-state index in [-0.39, 0.29) is 35.3 Å². The fraction of sp³-hybridized carbons (Fsp3) is 0.345. The van der Waals surface area contributed by atoms with Crippen LogP contribution in [0.1, 0.15) is 126 Å². The molecule has 5 N–H and O–H groups in total. The zero-order valence-corrected chi connectivity index (χ0v) is 75.1. The fourth-order valence-electron chi connectivity index (χ4n) is 10.6. The highest BCUT2D eigenvalue weighted by atomic mass is 35.5. The number of nitrogens with zero attached hydrogens (tertiary/aromatic N) is 10. The molecule has 2 aliphatic carbocycles. The average molecular weight is 1870 g/mol. The highest BCUT2D eigenvalue weighted by Crippen LogP contribution is 2.47.